The van der Waals surface area contributed by atoms with Crippen LogP contribution in [0.25, 0.3) is 16.7 Å². The molecule has 1 saturated carbocycles. The quantitative estimate of drug-likeness (QED) is 0.444. The molecule has 0 atom stereocenters. The summed E-state index contributed by atoms with van der Waals surface area (Å²) in [6.45, 7) is 0.236. The zero-order valence-corrected chi connectivity index (χ0v) is 19.1. The van der Waals surface area contributed by atoms with E-state index in [2.05, 4.69) is 9.97 Å². The minimum absolute atomic E-state index is 0.00865. The molecule has 1 spiro atoms. The molecule has 10 heteroatoms. The molecule has 0 unspecified atom stereocenters. The van der Waals surface area contributed by atoms with Crippen molar-refractivity contribution < 1.29 is 13.2 Å². The number of hydrogen-bond donors (Lipinski definition) is 0. The van der Waals surface area contributed by atoms with Crippen molar-refractivity contribution in [1.82, 2.24) is 19.5 Å². The maximum absolute atomic E-state index is 13.4. The molecule has 4 aromatic rings. The molecule has 0 radical (unpaired) electrons. The second-order valence-electron chi connectivity index (χ2n) is 8.49. The van der Waals surface area contributed by atoms with Gasteiger partial charge < -0.3 is 4.90 Å². The Balaban J connectivity index is 1.49. The molecular weight excluding hydrogens is 462 g/mol. The molecule has 8 nitrogen and oxygen atoms in total. The summed E-state index contributed by atoms with van der Waals surface area (Å²) in [5.41, 5.74) is 3.49. The number of carbonyl (C=O) groups excluding carboxylic acids is 1. The van der Waals surface area contributed by atoms with Crippen LogP contribution in [0.2, 0.25) is 5.02 Å². The van der Waals surface area contributed by atoms with Crippen LogP contribution in [0.15, 0.2) is 60.0 Å². The summed E-state index contributed by atoms with van der Waals surface area (Å²) in [6.07, 6.45) is 7.74. The van der Waals surface area contributed by atoms with Crippen LogP contribution in [-0.2, 0) is 26.6 Å². The second-order valence-corrected chi connectivity index (χ2v) is 10.9. The molecule has 166 valence electrons. The van der Waals surface area contributed by atoms with Gasteiger partial charge in [0.2, 0.25) is 5.91 Å². The summed E-state index contributed by atoms with van der Waals surface area (Å²) in [5.74, 6) is 0.676. The maximum atomic E-state index is 13.4. The SMILES string of the molecule is CS(=O)(=O)c1ccc(-n2c(CN3C(=O)C4(CC4)c4ccncc43)nc3cc(Cl)ccc32)cn1. The molecule has 6 rings (SSSR count). The van der Waals surface area contributed by atoms with E-state index in [1.165, 1.54) is 12.3 Å². The first-order chi connectivity index (χ1) is 15.8. The summed E-state index contributed by atoms with van der Waals surface area (Å²) in [4.78, 5) is 28.3. The van der Waals surface area contributed by atoms with Gasteiger partial charge in [-0.1, -0.05) is 11.6 Å². The highest BCUT2D eigenvalue weighted by Gasteiger charge is 2.59. The fourth-order valence-electron chi connectivity index (χ4n) is 4.62. The predicted octanol–water partition coefficient (Wildman–Crippen LogP) is 3.45. The Morgan fingerprint density at radius 3 is 2.64 bits per heavy atom. The van der Waals surface area contributed by atoms with Crippen molar-refractivity contribution in [3.8, 4) is 5.69 Å². The first-order valence-electron chi connectivity index (χ1n) is 10.4. The highest BCUT2D eigenvalue weighted by molar-refractivity contribution is 7.90. The van der Waals surface area contributed by atoms with Gasteiger partial charge in [0.15, 0.2) is 14.9 Å². The first kappa shape index (κ1) is 20.3. The van der Waals surface area contributed by atoms with Crippen molar-refractivity contribution in [2.45, 2.75) is 29.8 Å². The molecular formula is C23H18ClN5O3S. The zero-order chi connectivity index (χ0) is 23.0. The molecule has 1 fully saturated rings. The maximum Gasteiger partial charge on any atom is 0.238 e. The topological polar surface area (TPSA) is 98.1 Å². The Bertz CT molecular complexity index is 1560. The summed E-state index contributed by atoms with van der Waals surface area (Å²) >= 11 is 6.20. The lowest BCUT2D eigenvalue weighted by molar-refractivity contribution is -0.120. The Kier molecular flexibility index (Phi) is 4.22. The number of pyridine rings is 2. The standard InChI is InChI=1S/C23H18ClN5O3S/c1-33(31,32)21-5-3-15(11-26-21)29-18-4-2-14(24)10-17(18)27-20(29)13-28-19-12-25-9-6-16(19)23(7-8-23)22(28)30/h2-6,9-12H,7-8,13H2,1H3. The van der Waals surface area contributed by atoms with Crippen molar-refractivity contribution in [1.29, 1.82) is 0 Å². The second kappa shape index (κ2) is 6.85. The van der Waals surface area contributed by atoms with Crippen LogP contribution >= 0.6 is 11.6 Å². The Hall–Kier alpha value is -3.30. The lowest BCUT2D eigenvalue weighted by atomic mass is 9.99. The van der Waals surface area contributed by atoms with Crippen LogP contribution < -0.4 is 4.90 Å². The Morgan fingerprint density at radius 2 is 1.94 bits per heavy atom. The number of anilines is 1. The van der Waals surface area contributed by atoms with E-state index in [1.54, 1.807) is 35.5 Å². The van der Waals surface area contributed by atoms with Gasteiger partial charge in [-0.05, 0) is 54.8 Å². The normalized spacial score (nSPS) is 16.5. The number of carbonyl (C=O) groups is 1. The molecule has 1 aliphatic carbocycles. The third kappa shape index (κ3) is 3.07. The lowest BCUT2D eigenvalue weighted by Gasteiger charge is -2.18. The highest BCUT2D eigenvalue weighted by Crippen LogP contribution is 2.57. The number of nitrogens with zero attached hydrogens (tertiary/aromatic N) is 5. The van der Waals surface area contributed by atoms with Crippen molar-refractivity contribution in [3.05, 3.63) is 71.4 Å². The van der Waals surface area contributed by atoms with Gasteiger partial charge in [-0.2, -0.15) is 0 Å². The van der Waals surface area contributed by atoms with E-state index in [4.69, 9.17) is 16.6 Å². The molecule has 0 saturated heterocycles. The van der Waals surface area contributed by atoms with Crippen molar-refractivity contribution in [3.63, 3.8) is 0 Å². The van der Waals surface area contributed by atoms with Crippen molar-refractivity contribution in [2.75, 3.05) is 11.2 Å². The Morgan fingerprint density at radius 1 is 1.12 bits per heavy atom. The largest absolute Gasteiger partial charge is 0.302 e. The van der Waals surface area contributed by atoms with Gasteiger partial charge in [0, 0.05) is 17.5 Å². The molecule has 3 aromatic heterocycles. The minimum Gasteiger partial charge on any atom is -0.302 e. The molecule has 0 bridgehead atoms. The van der Waals surface area contributed by atoms with E-state index in [0.29, 0.717) is 22.1 Å². The number of fused-ring (bicyclic) bond motifs is 3. The van der Waals surface area contributed by atoms with E-state index in [1.807, 2.05) is 16.7 Å². The summed E-state index contributed by atoms with van der Waals surface area (Å²) in [5, 5.41) is 0.540. The van der Waals surface area contributed by atoms with E-state index in [9.17, 15) is 13.2 Å². The van der Waals surface area contributed by atoms with Crippen LogP contribution in [0.4, 0.5) is 5.69 Å². The molecule has 1 aliphatic heterocycles. The number of rotatable bonds is 4. The van der Waals surface area contributed by atoms with Crippen molar-refractivity contribution in [2.24, 2.45) is 0 Å². The van der Waals surface area contributed by atoms with Gasteiger partial charge >= 0.3 is 0 Å². The summed E-state index contributed by atoms with van der Waals surface area (Å²) in [7, 11) is -3.43. The van der Waals surface area contributed by atoms with Gasteiger partial charge in [0.1, 0.15) is 5.82 Å². The third-order valence-electron chi connectivity index (χ3n) is 6.36. The summed E-state index contributed by atoms with van der Waals surface area (Å²) < 4.78 is 25.6. The van der Waals surface area contributed by atoms with Crippen molar-refractivity contribution >= 4 is 44.1 Å². The third-order valence-corrected chi connectivity index (χ3v) is 7.59. The lowest BCUT2D eigenvalue weighted by Crippen LogP contribution is -2.32. The number of halogens is 1. The van der Waals surface area contributed by atoms with Crippen LogP contribution in [0.1, 0.15) is 24.2 Å². The van der Waals surface area contributed by atoms with Gasteiger partial charge in [-0.15, -0.1) is 0 Å². The molecule has 33 heavy (non-hydrogen) atoms. The van der Waals surface area contributed by atoms with E-state index in [0.717, 1.165) is 35.9 Å². The average Bonchev–Trinajstić information content (AvgIpc) is 3.47. The fourth-order valence-corrected chi connectivity index (χ4v) is 5.34. The van der Waals surface area contributed by atoms with Crippen LogP contribution in [-0.4, -0.2) is 40.1 Å². The predicted molar refractivity (Wildman–Crippen MR) is 123 cm³/mol. The highest BCUT2D eigenvalue weighted by atomic mass is 35.5. The van der Waals surface area contributed by atoms with Gasteiger partial charge in [-0.25, -0.2) is 18.4 Å². The number of sulfone groups is 1. The first-order valence-corrected chi connectivity index (χ1v) is 12.6. The van der Waals surface area contributed by atoms with Gasteiger partial charge in [0.25, 0.3) is 0 Å². The Labute approximate surface area is 194 Å². The zero-order valence-electron chi connectivity index (χ0n) is 17.6. The van der Waals surface area contributed by atoms with Crippen LogP contribution in [0.5, 0.6) is 0 Å². The number of aromatic nitrogens is 4. The molecule has 0 N–H and O–H groups in total. The average molecular weight is 480 g/mol. The smallest absolute Gasteiger partial charge is 0.238 e. The van der Waals surface area contributed by atoms with E-state index in [-0.39, 0.29) is 17.5 Å². The minimum atomic E-state index is -3.43. The van der Waals surface area contributed by atoms with E-state index < -0.39 is 15.3 Å². The summed E-state index contributed by atoms with van der Waals surface area (Å²) in [6, 6.07) is 10.5. The number of imidazole rings is 1. The van der Waals surface area contributed by atoms with Crippen LogP contribution in [0, 0.1) is 0 Å². The monoisotopic (exact) mass is 479 g/mol. The van der Waals surface area contributed by atoms with Gasteiger partial charge in [-0.3, -0.25) is 14.3 Å². The van der Waals surface area contributed by atoms with Crippen LogP contribution in [0.3, 0.4) is 0 Å². The number of benzene rings is 1. The molecule has 1 amide bonds. The molecule has 4 heterocycles. The van der Waals surface area contributed by atoms with Gasteiger partial charge in [0.05, 0.1) is 46.8 Å². The fraction of sp³-hybridized carbons (Fsp3) is 0.217. The molecule has 2 aliphatic rings. The molecule has 1 aromatic carbocycles. The number of amides is 1. The van der Waals surface area contributed by atoms with E-state index >= 15 is 0 Å². The number of hydrogen-bond acceptors (Lipinski definition) is 6.